The molecule has 0 saturated carbocycles. The Kier molecular flexibility index (Phi) is 5.98. The molecular weight excluding hydrogens is 390 g/mol. The molecular formula is C25H25N3O3. The summed E-state index contributed by atoms with van der Waals surface area (Å²) in [5.41, 5.74) is 5.18. The Hall–Kier alpha value is -3.67. The highest BCUT2D eigenvalue weighted by Crippen LogP contribution is 2.35. The molecule has 31 heavy (non-hydrogen) atoms. The summed E-state index contributed by atoms with van der Waals surface area (Å²) in [7, 11) is 1.63. The maximum Gasteiger partial charge on any atom is 0.189 e. The molecule has 1 atom stereocenters. The molecule has 6 nitrogen and oxygen atoms in total. The first-order valence-electron chi connectivity index (χ1n) is 10.2. The van der Waals surface area contributed by atoms with E-state index in [0.717, 1.165) is 28.1 Å². The van der Waals surface area contributed by atoms with Crippen LogP contribution >= 0.6 is 0 Å². The summed E-state index contributed by atoms with van der Waals surface area (Å²) in [5.74, 6) is 1.36. The van der Waals surface area contributed by atoms with Crippen molar-refractivity contribution in [2.75, 3.05) is 19.0 Å². The molecule has 0 aliphatic carbocycles. The average molecular weight is 415 g/mol. The number of hydrogen-bond acceptors (Lipinski definition) is 6. The molecule has 1 N–H and O–H groups in total. The SMILES string of the molecule is COc1cc(NC(C(=O)C2=C(c3ccccc3C)OCC2)c2cncnc2)ccc1C. The van der Waals surface area contributed by atoms with Crippen LogP contribution in [0.15, 0.2) is 66.8 Å². The number of carbonyl (C=O) groups is 1. The largest absolute Gasteiger partial charge is 0.496 e. The number of rotatable bonds is 7. The highest BCUT2D eigenvalue weighted by atomic mass is 16.5. The standard InChI is InChI=1S/C25H25N3O3/c1-16-6-4-5-7-20(16)25-21(10-11-31-25)24(29)23(18-13-26-15-27-14-18)28-19-9-8-17(2)22(12-19)30-3/h4-9,12-15,23,28H,10-11H2,1-3H3. The maximum atomic E-state index is 13.8. The summed E-state index contributed by atoms with van der Waals surface area (Å²) in [4.78, 5) is 22.0. The van der Waals surface area contributed by atoms with E-state index in [1.165, 1.54) is 6.33 Å². The van der Waals surface area contributed by atoms with Gasteiger partial charge in [-0.1, -0.05) is 30.3 Å². The van der Waals surface area contributed by atoms with Crippen LogP contribution in [0.1, 0.15) is 34.7 Å². The van der Waals surface area contributed by atoms with E-state index in [9.17, 15) is 4.79 Å². The quantitative estimate of drug-likeness (QED) is 0.605. The van der Waals surface area contributed by atoms with Gasteiger partial charge in [0, 0.05) is 47.3 Å². The fourth-order valence-electron chi connectivity index (χ4n) is 3.77. The van der Waals surface area contributed by atoms with Crippen LogP contribution in [0.25, 0.3) is 5.76 Å². The minimum atomic E-state index is -0.649. The van der Waals surface area contributed by atoms with Gasteiger partial charge >= 0.3 is 0 Å². The van der Waals surface area contributed by atoms with E-state index in [-0.39, 0.29) is 5.78 Å². The Morgan fingerprint density at radius 2 is 1.87 bits per heavy atom. The number of ether oxygens (including phenoxy) is 2. The first kappa shape index (κ1) is 20.6. The van der Waals surface area contributed by atoms with E-state index in [1.807, 2.05) is 56.3 Å². The number of benzene rings is 2. The summed E-state index contributed by atoms with van der Waals surface area (Å²) in [6, 6.07) is 13.1. The summed E-state index contributed by atoms with van der Waals surface area (Å²) < 4.78 is 11.4. The number of methoxy groups -OCH3 is 1. The van der Waals surface area contributed by atoms with Crippen LogP contribution in [0.2, 0.25) is 0 Å². The first-order valence-corrected chi connectivity index (χ1v) is 10.2. The third kappa shape index (κ3) is 4.28. The molecule has 6 heteroatoms. The molecule has 158 valence electrons. The summed E-state index contributed by atoms with van der Waals surface area (Å²) in [6.07, 6.45) is 5.35. The van der Waals surface area contributed by atoms with Crippen LogP contribution in [0.3, 0.4) is 0 Å². The third-order valence-corrected chi connectivity index (χ3v) is 5.45. The second kappa shape index (κ2) is 9.00. The maximum absolute atomic E-state index is 13.8. The predicted molar refractivity (Wildman–Crippen MR) is 120 cm³/mol. The molecule has 1 aromatic heterocycles. The molecule has 0 spiro atoms. The van der Waals surface area contributed by atoms with Gasteiger partial charge in [0.2, 0.25) is 0 Å². The van der Waals surface area contributed by atoms with Gasteiger partial charge in [-0.2, -0.15) is 0 Å². The van der Waals surface area contributed by atoms with Crippen molar-refractivity contribution in [3.63, 3.8) is 0 Å². The zero-order chi connectivity index (χ0) is 21.8. The van der Waals surface area contributed by atoms with E-state index in [2.05, 4.69) is 15.3 Å². The molecule has 2 aromatic carbocycles. The number of carbonyl (C=O) groups excluding carboxylic acids is 1. The highest BCUT2D eigenvalue weighted by molar-refractivity contribution is 6.07. The Morgan fingerprint density at radius 1 is 1.10 bits per heavy atom. The molecule has 0 bridgehead atoms. The van der Waals surface area contributed by atoms with Crippen LogP contribution in [0, 0.1) is 13.8 Å². The zero-order valence-electron chi connectivity index (χ0n) is 17.9. The van der Waals surface area contributed by atoms with E-state index in [4.69, 9.17) is 9.47 Å². The van der Waals surface area contributed by atoms with Crippen molar-refractivity contribution in [3.8, 4) is 5.75 Å². The molecule has 0 radical (unpaired) electrons. The normalized spacial score (nSPS) is 14.2. The number of hydrogen-bond donors (Lipinski definition) is 1. The molecule has 0 saturated heterocycles. The van der Waals surface area contributed by atoms with Gasteiger partial charge < -0.3 is 14.8 Å². The minimum absolute atomic E-state index is 0.0508. The first-order chi connectivity index (χ1) is 15.1. The number of Topliss-reactive ketones (excluding diaryl/α,β-unsaturated/α-hetero) is 1. The van der Waals surface area contributed by atoms with Gasteiger partial charge in [0.05, 0.1) is 13.7 Å². The molecule has 0 amide bonds. The van der Waals surface area contributed by atoms with Crippen molar-refractivity contribution in [1.29, 1.82) is 0 Å². The Balaban J connectivity index is 1.74. The second-order valence-corrected chi connectivity index (χ2v) is 7.52. The average Bonchev–Trinajstić information content (AvgIpc) is 3.28. The number of nitrogens with one attached hydrogen (secondary N) is 1. The molecule has 1 aliphatic heterocycles. The number of nitrogens with zero attached hydrogens (tertiary/aromatic N) is 2. The number of ketones is 1. The molecule has 1 aliphatic rings. The Morgan fingerprint density at radius 3 is 2.61 bits per heavy atom. The van der Waals surface area contributed by atoms with Crippen molar-refractivity contribution in [2.45, 2.75) is 26.3 Å². The Bertz CT molecular complexity index is 1130. The molecule has 2 heterocycles. The van der Waals surface area contributed by atoms with E-state index in [0.29, 0.717) is 29.9 Å². The van der Waals surface area contributed by atoms with Crippen LogP contribution < -0.4 is 10.1 Å². The van der Waals surface area contributed by atoms with Gasteiger partial charge in [-0.15, -0.1) is 0 Å². The van der Waals surface area contributed by atoms with E-state index < -0.39 is 6.04 Å². The lowest BCUT2D eigenvalue weighted by Crippen LogP contribution is -2.23. The summed E-state index contributed by atoms with van der Waals surface area (Å²) >= 11 is 0. The fraction of sp³-hybridized carbons (Fsp3) is 0.240. The number of anilines is 1. The number of aromatic nitrogens is 2. The third-order valence-electron chi connectivity index (χ3n) is 5.45. The lowest BCUT2D eigenvalue weighted by atomic mass is 9.94. The van der Waals surface area contributed by atoms with Gasteiger partial charge in [-0.25, -0.2) is 9.97 Å². The van der Waals surface area contributed by atoms with Gasteiger partial charge in [-0.3, -0.25) is 4.79 Å². The Labute approximate surface area is 182 Å². The molecule has 3 aromatic rings. The smallest absolute Gasteiger partial charge is 0.189 e. The van der Waals surface area contributed by atoms with Crippen molar-refractivity contribution in [3.05, 3.63) is 89.0 Å². The topological polar surface area (TPSA) is 73.3 Å². The zero-order valence-corrected chi connectivity index (χ0v) is 17.9. The van der Waals surface area contributed by atoms with E-state index >= 15 is 0 Å². The van der Waals surface area contributed by atoms with Crippen LogP contribution in [-0.4, -0.2) is 29.5 Å². The summed E-state index contributed by atoms with van der Waals surface area (Å²) in [6.45, 7) is 4.48. The molecule has 0 fully saturated rings. The van der Waals surface area contributed by atoms with Crippen LogP contribution in [-0.2, 0) is 9.53 Å². The lowest BCUT2D eigenvalue weighted by Gasteiger charge is -2.20. The summed E-state index contributed by atoms with van der Waals surface area (Å²) in [5, 5.41) is 3.36. The van der Waals surface area contributed by atoms with E-state index in [1.54, 1.807) is 19.5 Å². The molecule has 4 rings (SSSR count). The van der Waals surface area contributed by atoms with Gasteiger partial charge in [0.25, 0.3) is 0 Å². The minimum Gasteiger partial charge on any atom is -0.496 e. The van der Waals surface area contributed by atoms with Crippen molar-refractivity contribution >= 4 is 17.2 Å². The monoisotopic (exact) mass is 415 g/mol. The van der Waals surface area contributed by atoms with Gasteiger partial charge in [0.15, 0.2) is 5.78 Å². The van der Waals surface area contributed by atoms with Crippen molar-refractivity contribution < 1.29 is 14.3 Å². The van der Waals surface area contributed by atoms with Crippen molar-refractivity contribution in [1.82, 2.24) is 9.97 Å². The van der Waals surface area contributed by atoms with Crippen molar-refractivity contribution in [2.24, 2.45) is 0 Å². The van der Waals surface area contributed by atoms with Crippen LogP contribution in [0.4, 0.5) is 5.69 Å². The van der Waals surface area contributed by atoms with Gasteiger partial charge in [0.1, 0.15) is 23.9 Å². The highest BCUT2D eigenvalue weighted by Gasteiger charge is 2.31. The number of aryl methyl sites for hydroxylation is 2. The fourth-order valence-corrected chi connectivity index (χ4v) is 3.77. The lowest BCUT2D eigenvalue weighted by molar-refractivity contribution is -0.116. The second-order valence-electron chi connectivity index (χ2n) is 7.52. The predicted octanol–water partition coefficient (Wildman–Crippen LogP) is 4.66. The van der Waals surface area contributed by atoms with Crippen LogP contribution in [0.5, 0.6) is 5.75 Å². The van der Waals surface area contributed by atoms with Gasteiger partial charge in [-0.05, 0) is 31.0 Å². The molecule has 1 unspecified atom stereocenters.